The molecule has 0 bridgehead atoms. The fraction of sp³-hybridized carbons (Fsp3) is 0.600. The Morgan fingerprint density at radius 2 is 1.82 bits per heavy atom. The Morgan fingerprint density at radius 1 is 1.12 bits per heavy atom. The van der Waals surface area contributed by atoms with Crippen LogP contribution in [0.4, 0.5) is 5.69 Å². The summed E-state index contributed by atoms with van der Waals surface area (Å²) in [5, 5.41) is 0. The van der Waals surface area contributed by atoms with Gasteiger partial charge in [0, 0.05) is 23.8 Å². The number of anilines is 1. The van der Waals surface area contributed by atoms with Gasteiger partial charge in [-0.1, -0.05) is 18.2 Å². The van der Waals surface area contributed by atoms with Crippen molar-refractivity contribution in [3.05, 3.63) is 29.8 Å². The lowest BCUT2D eigenvalue weighted by atomic mass is 9.90. The molecule has 1 unspecified atom stereocenters. The molecule has 1 aromatic carbocycles. The predicted octanol–water partition coefficient (Wildman–Crippen LogP) is 2.71. The summed E-state index contributed by atoms with van der Waals surface area (Å²) in [4.78, 5) is 2.65. The first-order valence-corrected chi connectivity index (χ1v) is 6.87. The van der Waals surface area contributed by atoms with Crippen molar-refractivity contribution in [3.8, 4) is 0 Å². The summed E-state index contributed by atoms with van der Waals surface area (Å²) in [5.74, 6) is 0. The first kappa shape index (κ1) is 11.1. The number of nitrogens with zero attached hydrogens (tertiary/aromatic N) is 1. The van der Waals surface area contributed by atoms with Gasteiger partial charge >= 0.3 is 0 Å². The van der Waals surface area contributed by atoms with Crippen LogP contribution in [0.5, 0.6) is 0 Å². The van der Waals surface area contributed by atoms with Gasteiger partial charge in [-0.05, 0) is 50.7 Å². The predicted molar refractivity (Wildman–Crippen MR) is 72.3 cm³/mol. The van der Waals surface area contributed by atoms with Crippen LogP contribution < -0.4 is 10.6 Å². The molecule has 2 N–H and O–H groups in total. The highest BCUT2D eigenvalue weighted by Gasteiger charge is 2.32. The van der Waals surface area contributed by atoms with E-state index in [-0.39, 0.29) is 0 Å². The molecule has 1 aliphatic heterocycles. The minimum absolute atomic E-state index is 0.444. The Balaban J connectivity index is 1.83. The summed E-state index contributed by atoms with van der Waals surface area (Å²) in [5.41, 5.74) is 9.00. The molecule has 1 aromatic rings. The van der Waals surface area contributed by atoms with Gasteiger partial charge in [0.05, 0.1) is 0 Å². The van der Waals surface area contributed by atoms with Gasteiger partial charge in [-0.3, -0.25) is 0 Å². The zero-order valence-corrected chi connectivity index (χ0v) is 10.6. The Kier molecular flexibility index (Phi) is 2.83. The maximum Gasteiger partial charge on any atom is 0.0404 e. The number of hydrogen-bond acceptors (Lipinski definition) is 2. The molecule has 1 fully saturated rings. The van der Waals surface area contributed by atoms with E-state index in [9.17, 15) is 0 Å². The largest absolute Gasteiger partial charge is 0.365 e. The van der Waals surface area contributed by atoms with Crippen LogP contribution in [0.3, 0.4) is 0 Å². The van der Waals surface area contributed by atoms with E-state index in [1.54, 1.807) is 0 Å². The number of rotatable bonds is 1. The van der Waals surface area contributed by atoms with Crippen molar-refractivity contribution >= 4 is 5.69 Å². The molecule has 2 heteroatoms. The van der Waals surface area contributed by atoms with Crippen molar-refractivity contribution in [3.63, 3.8) is 0 Å². The summed E-state index contributed by atoms with van der Waals surface area (Å²) >= 11 is 0. The lowest BCUT2D eigenvalue weighted by molar-refractivity contribution is 0.365. The molecular formula is C15H22N2. The normalized spacial score (nSPS) is 32.6. The van der Waals surface area contributed by atoms with Gasteiger partial charge in [0.15, 0.2) is 0 Å². The number of benzene rings is 1. The molecular weight excluding hydrogens is 208 g/mol. The summed E-state index contributed by atoms with van der Waals surface area (Å²) in [6, 6.07) is 10.7. The molecule has 1 atom stereocenters. The monoisotopic (exact) mass is 230 g/mol. The highest BCUT2D eigenvalue weighted by atomic mass is 15.2. The number of para-hydroxylation sites is 1. The van der Waals surface area contributed by atoms with Gasteiger partial charge in [0.25, 0.3) is 0 Å². The van der Waals surface area contributed by atoms with Gasteiger partial charge in [0.2, 0.25) is 0 Å². The van der Waals surface area contributed by atoms with Crippen molar-refractivity contribution in [1.29, 1.82) is 0 Å². The molecule has 92 valence electrons. The molecule has 0 spiro atoms. The topological polar surface area (TPSA) is 29.3 Å². The molecule has 0 radical (unpaired) electrons. The highest BCUT2D eigenvalue weighted by molar-refractivity contribution is 5.60. The van der Waals surface area contributed by atoms with Crippen molar-refractivity contribution in [2.45, 2.75) is 57.2 Å². The maximum atomic E-state index is 6.01. The Morgan fingerprint density at radius 3 is 2.59 bits per heavy atom. The summed E-state index contributed by atoms with van der Waals surface area (Å²) < 4.78 is 0. The molecule has 0 saturated heterocycles. The molecule has 1 saturated carbocycles. The highest BCUT2D eigenvalue weighted by Crippen LogP contribution is 2.37. The fourth-order valence-electron chi connectivity index (χ4n) is 3.53. The molecule has 0 aromatic heterocycles. The first-order chi connectivity index (χ1) is 8.25. The molecule has 3 rings (SSSR count). The minimum Gasteiger partial charge on any atom is -0.365 e. The van der Waals surface area contributed by atoms with E-state index in [0.29, 0.717) is 18.1 Å². The number of hydrogen-bond donors (Lipinski definition) is 1. The van der Waals surface area contributed by atoms with E-state index in [4.69, 9.17) is 5.73 Å². The van der Waals surface area contributed by atoms with Crippen molar-refractivity contribution < 1.29 is 0 Å². The van der Waals surface area contributed by atoms with E-state index >= 15 is 0 Å². The van der Waals surface area contributed by atoms with E-state index < -0.39 is 0 Å². The number of fused-ring (bicyclic) bond motifs is 1. The van der Waals surface area contributed by atoms with Gasteiger partial charge in [-0.15, -0.1) is 0 Å². The van der Waals surface area contributed by atoms with Crippen LogP contribution in [0.2, 0.25) is 0 Å². The van der Waals surface area contributed by atoms with Crippen LogP contribution in [-0.4, -0.2) is 18.1 Å². The van der Waals surface area contributed by atoms with Crippen LogP contribution in [-0.2, 0) is 6.42 Å². The van der Waals surface area contributed by atoms with Gasteiger partial charge in [-0.2, -0.15) is 0 Å². The van der Waals surface area contributed by atoms with Gasteiger partial charge in [0.1, 0.15) is 0 Å². The van der Waals surface area contributed by atoms with Crippen molar-refractivity contribution in [2.24, 2.45) is 5.73 Å². The maximum absolute atomic E-state index is 6.01. The average Bonchev–Trinajstić information content (AvgIpc) is 2.66. The minimum atomic E-state index is 0.444. The number of nitrogens with two attached hydrogens (primary N) is 1. The summed E-state index contributed by atoms with van der Waals surface area (Å²) in [6.45, 7) is 2.36. The molecule has 1 heterocycles. The van der Waals surface area contributed by atoms with Crippen LogP contribution in [0.25, 0.3) is 0 Å². The summed E-state index contributed by atoms with van der Waals surface area (Å²) in [7, 11) is 0. The molecule has 2 aliphatic rings. The van der Waals surface area contributed by atoms with Gasteiger partial charge < -0.3 is 10.6 Å². The second-order valence-electron chi connectivity index (χ2n) is 5.66. The molecule has 0 amide bonds. The zero-order valence-electron chi connectivity index (χ0n) is 10.6. The third kappa shape index (κ3) is 1.95. The second kappa shape index (κ2) is 4.34. The lowest BCUT2D eigenvalue weighted by Crippen LogP contribution is -2.43. The van der Waals surface area contributed by atoms with E-state index in [1.807, 2.05) is 0 Å². The van der Waals surface area contributed by atoms with E-state index in [0.717, 1.165) is 0 Å². The summed E-state index contributed by atoms with van der Waals surface area (Å²) in [6.07, 6.45) is 6.12. The first-order valence-electron chi connectivity index (χ1n) is 6.87. The van der Waals surface area contributed by atoms with Gasteiger partial charge in [-0.25, -0.2) is 0 Å². The van der Waals surface area contributed by atoms with Crippen molar-refractivity contribution in [1.82, 2.24) is 0 Å². The third-order valence-corrected chi connectivity index (χ3v) is 4.39. The van der Waals surface area contributed by atoms with Crippen molar-refractivity contribution in [2.75, 3.05) is 4.90 Å². The van der Waals surface area contributed by atoms with Crippen LogP contribution in [0.1, 0.15) is 38.2 Å². The average molecular weight is 230 g/mol. The van der Waals surface area contributed by atoms with Crippen LogP contribution in [0.15, 0.2) is 24.3 Å². The van der Waals surface area contributed by atoms with Crippen LogP contribution >= 0.6 is 0 Å². The van der Waals surface area contributed by atoms with E-state index in [1.165, 1.54) is 43.4 Å². The smallest absolute Gasteiger partial charge is 0.0404 e. The molecule has 17 heavy (non-hydrogen) atoms. The zero-order chi connectivity index (χ0) is 11.8. The standard InChI is InChI=1S/C15H22N2/c1-11-10-12-4-2-3-5-15(12)17(11)14-8-6-13(16)7-9-14/h2-5,11,13-14H,6-10,16H2,1H3. The fourth-order valence-corrected chi connectivity index (χ4v) is 3.53. The van der Waals surface area contributed by atoms with Crippen LogP contribution in [0, 0.1) is 0 Å². The Hall–Kier alpha value is -1.02. The quantitative estimate of drug-likeness (QED) is 0.803. The van der Waals surface area contributed by atoms with E-state index in [2.05, 4.69) is 36.1 Å². The second-order valence-corrected chi connectivity index (χ2v) is 5.66. The third-order valence-electron chi connectivity index (χ3n) is 4.39. The Labute approximate surface area is 104 Å². The lowest BCUT2D eigenvalue weighted by Gasteiger charge is -2.38. The SMILES string of the molecule is CC1Cc2ccccc2N1C1CCC(N)CC1. The Bertz CT molecular complexity index is 394. The molecule has 1 aliphatic carbocycles. The molecule has 2 nitrogen and oxygen atoms in total.